The van der Waals surface area contributed by atoms with Crippen LogP contribution in [0.5, 0.6) is 0 Å². The molecule has 0 radical (unpaired) electrons. The number of carbonyl (C=O) groups is 2. The van der Waals surface area contributed by atoms with Crippen molar-refractivity contribution in [1.29, 1.82) is 0 Å². The fourth-order valence-corrected chi connectivity index (χ4v) is 1.61. The minimum Gasteiger partial charge on any atom is -0.481 e. The Labute approximate surface area is 111 Å². The molecule has 19 heavy (non-hydrogen) atoms. The van der Waals surface area contributed by atoms with Gasteiger partial charge in [0, 0.05) is 13.1 Å². The van der Waals surface area contributed by atoms with Crippen molar-refractivity contribution in [1.82, 2.24) is 4.90 Å². The Hall–Kier alpha value is -2.32. The molecule has 0 unspecified atom stereocenters. The van der Waals surface area contributed by atoms with Gasteiger partial charge >= 0.3 is 11.9 Å². The van der Waals surface area contributed by atoms with E-state index in [-0.39, 0.29) is 12.0 Å². The van der Waals surface area contributed by atoms with Gasteiger partial charge in [-0.2, -0.15) is 0 Å². The molecule has 0 fully saturated rings. The molecule has 0 heterocycles. The third-order valence-electron chi connectivity index (χ3n) is 2.56. The number of hydrogen-bond donors (Lipinski definition) is 2. The lowest BCUT2D eigenvalue weighted by Crippen LogP contribution is -2.26. The van der Waals surface area contributed by atoms with Gasteiger partial charge in [0.25, 0.3) is 0 Å². The van der Waals surface area contributed by atoms with Crippen LogP contribution in [0.15, 0.2) is 24.3 Å². The second kappa shape index (κ2) is 7.19. The van der Waals surface area contributed by atoms with E-state index in [1.54, 1.807) is 12.1 Å². The van der Waals surface area contributed by atoms with Gasteiger partial charge in [0.2, 0.25) is 0 Å². The van der Waals surface area contributed by atoms with Gasteiger partial charge in [-0.3, -0.25) is 9.69 Å². The van der Waals surface area contributed by atoms with E-state index in [2.05, 4.69) is 5.92 Å². The standard InChI is InChI=1S/C14H15NO4/c1-2-8-15(9-7-13(16)17)10-11-3-5-12(6-4-11)14(18)19/h1,3-6H,7-10H2,(H,16,17)(H,18,19). The number of carboxylic acid groups (broad SMARTS) is 2. The summed E-state index contributed by atoms with van der Waals surface area (Å²) in [6, 6.07) is 6.44. The molecule has 0 aliphatic heterocycles. The van der Waals surface area contributed by atoms with Gasteiger partial charge < -0.3 is 10.2 Å². The zero-order valence-corrected chi connectivity index (χ0v) is 10.4. The summed E-state index contributed by atoms with van der Waals surface area (Å²) < 4.78 is 0. The first-order valence-corrected chi connectivity index (χ1v) is 5.72. The summed E-state index contributed by atoms with van der Waals surface area (Å²) in [5.41, 5.74) is 1.11. The summed E-state index contributed by atoms with van der Waals surface area (Å²) in [7, 11) is 0. The van der Waals surface area contributed by atoms with Crippen LogP contribution in [0.4, 0.5) is 0 Å². The molecule has 2 N–H and O–H groups in total. The minimum atomic E-state index is -0.974. The molecular formula is C14H15NO4. The minimum absolute atomic E-state index is 0.0227. The zero-order chi connectivity index (χ0) is 14.3. The van der Waals surface area contributed by atoms with Crippen molar-refractivity contribution in [2.24, 2.45) is 0 Å². The van der Waals surface area contributed by atoms with Gasteiger partial charge in [-0.25, -0.2) is 4.79 Å². The lowest BCUT2D eigenvalue weighted by atomic mass is 10.1. The quantitative estimate of drug-likeness (QED) is 0.723. The number of hydrogen-bond acceptors (Lipinski definition) is 3. The first-order chi connectivity index (χ1) is 9.02. The molecule has 0 aliphatic carbocycles. The van der Waals surface area contributed by atoms with Gasteiger partial charge in [-0.15, -0.1) is 6.42 Å². The van der Waals surface area contributed by atoms with Crippen LogP contribution < -0.4 is 0 Å². The highest BCUT2D eigenvalue weighted by atomic mass is 16.4. The number of nitrogens with zero attached hydrogens (tertiary/aromatic N) is 1. The Kier molecular flexibility index (Phi) is 5.58. The lowest BCUT2D eigenvalue weighted by molar-refractivity contribution is -0.137. The van der Waals surface area contributed by atoms with Crippen LogP contribution in [0.1, 0.15) is 22.3 Å². The first kappa shape index (κ1) is 14.7. The molecular weight excluding hydrogens is 246 g/mol. The predicted molar refractivity (Wildman–Crippen MR) is 69.8 cm³/mol. The van der Waals surface area contributed by atoms with E-state index in [1.807, 2.05) is 4.90 Å². The van der Waals surface area contributed by atoms with E-state index in [1.165, 1.54) is 12.1 Å². The summed E-state index contributed by atoms with van der Waals surface area (Å²) in [5, 5.41) is 17.4. The molecule has 0 saturated heterocycles. The molecule has 1 aromatic carbocycles. The SMILES string of the molecule is C#CCN(CCC(=O)O)Cc1ccc(C(=O)O)cc1. The molecule has 0 bridgehead atoms. The Balaban J connectivity index is 2.65. The number of carboxylic acids is 2. The highest BCUT2D eigenvalue weighted by molar-refractivity contribution is 5.87. The molecule has 1 rings (SSSR count). The topological polar surface area (TPSA) is 77.8 Å². The largest absolute Gasteiger partial charge is 0.481 e. The van der Waals surface area contributed by atoms with Crippen molar-refractivity contribution in [3.05, 3.63) is 35.4 Å². The number of aliphatic carboxylic acids is 1. The molecule has 100 valence electrons. The summed E-state index contributed by atoms with van der Waals surface area (Å²) >= 11 is 0. The third kappa shape index (κ3) is 5.23. The smallest absolute Gasteiger partial charge is 0.335 e. The second-order valence-corrected chi connectivity index (χ2v) is 4.06. The predicted octanol–water partition coefficient (Wildman–Crippen LogP) is 1.29. The summed E-state index contributed by atoms with van der Waals surface area (Å²) in [6.45, 7) is 1.21. The van der Waals surface area contributed by atoms with E-state index >= 15 is 0 Å². The molecule has 5 heteroatoms. The van der Waals surface area contributed by atoms with E-state index in [4.69, 9.17) is 16.6 Å². The van der Waals surface area contributed by atoms with Crippen LogP contribution in [-0.2, 0) is 11.3 Å². The highest BCUT2D eigenvalue weighted by Gasteiger charge is 2.08. The molecule has 0 amide bonds. The molecule has 1 aromatic rings. The first-order valence-electron chi connectivity index (χ1n) is 5.72. The fraction of sp³-hybridized carbons (Fsp3) is 0.286. The maximum atomic E-state index is 10.7. The Morgan fingerprint density at radius 2 is 1.84 bits per heavy atom. The van der Waals surface area contributed by atoms with Crippen LogP contribution in [0, 0.1) is 12.3 Å². The number of terminal acetylenes is 1. The van der Waals surface area contributed by atoms with Crippen LogP contribution in [0.3, 0.4) is 0 Å². The van der Waals surface area contributed by atoms with Gasteiger partial charge in [0.15, 0.2) is 0 Å². The maximum absolute atomic E-state index is 10.7. The second-order valence-electron chi connectivity index (χ2n) is 4.06. The van der Waals surface area contributed by atoms with Crippen molar-refractivity contribution in [2.75, 3.05) is 13.1 Å². The van der Waals surface area contributed by atoms with E-state index < -0.39 is 11.9 Å². The molecule has 0 spiro atoms. The van der Waals surface area contributed by atoms with Crippen molar-refractivity contribution in [2.45, 2.75) is 13.0 Å². The van der Waals surface area contributed by atoms with E-state index in [0.717, 1.165) is 5.56 Å². The van der Waals surface area contributed by atoms with E-state index in [9.17, 15) is 9.59 Å². The average Bonchev–Trinajstić information content (AvgIpc) is 2.37. The summed E-state index contributed by atoms with van der Waals surface area (Å²) in [4.78, 5) is 23.1. The van der Waals surface area contributed by atoms with Crippen molar-refractivity contribution in [3.63, 3.8) is 0 Å². The van der Waals surface area contributed by atoms with Gasteiger partial charge in [0.1, 0.15) is 0 Å². The van der Waals surface area contributed by atoms with E-state index in [0.29, 0.717) is 19.6 Å². The Bertz CT molecular complexity index is 487. The van der Waals surface area contributed by atoms with Crippen LogP contribution in [0.25, 0.3) is 0 Å². The van der Waals surface area contributed by atoms with Crippen molar-refractivity contribution >= 4 is 11.9 Å². The normalized spacial score (nSPS) is 10.1. The fourth-order valence-electron chi connectivity index (χ4n) is 1.61. The zero-order valence-electron chi connectivity index (χ0n) is 10.4. The molecule has 0 aromatic heterocycles. The molecule has 0 aliphatic rings. The lowest BCUT2D eigenvalue weighted by Gasteiger charge is -2.18. The highest BCUT2D eigenvalue weighted by Crippen LogP contribution is 2.08. The molecule has 5 nitrogen and oxygen atoms in total. The van der Waals surface area contributed by atoms with Crippen molar-refractivity contribution < 1.29 is 19.8 Å². The Morgan fingerprint density at radius 3 is 2.32 bits per heavy atom. The summed E-state index contributed by atoms with van der Waals surface area (Å²) in [5.74, 6) is 0.634. The van der Waals surface area contributed by atoms with Gasteiger partial charge in [-0.1, -0.05) is 18.1 Å². The van der Waals surface area contributed by atoms with Crippen molar-refractivity contribution in [3.8, 4) is 12.3 Å². The Morgan fingerprint density at radius 1 is 1.21 bits per heavy atom. The van der Waals surface area contributed by atoms with Crippen LogP contribution in [-0.4, -0.2) is 40.1 Å². The average molecular weight is 261 g/mol. The van der Waals surface area contributed by atoms with Gasteiger partial charge in [-0.05, 0) is 17.7 Å². The van der Waals surface area contributed by atoms with Crippen LogP contribution in [0.2, 0.25) is 0 Å². The maximum Gasteiger partial charge on any atom is 0.335 e. The third-order valence-corrected chi connectivity index (χ3v) is 2.56. The monoisotopic (exact) mass is 261 g/mol. The van der Waals surface area contributed by atoms with Crippen LogP contribution >= 0.6 is 0 Å². The molecule has 0 saturated carbocycles. The summed E-state index contributed by atoms with van der Waals surface area (Å²) in [6.07, 6.45) is 5.26. The van der Waals surface area contributed by atoms with Gasteiger partial charge in [0.05, 0.1) is 18.5 Å². The molecule has 0 atom stereocenters. The number of aromatic carboxylic acids is 1. The number of rotatable bonds is 7. The number of benzene rings is 1.